The number of carbonyl (C=O) groups excluding carboxylic acids is 1. The SMILES string of the molecule is CCn1cc2c(c1C(=O)Nc1ccc(F)c(Cl)c1)CC[C@@H]2N. The van der Waals surface area contributed by atoms with E-state index in [0.717, 1.165) is 24.0 Å². The number of aryl methyl sites for hydroxylation is 1. The third kappa shape index (κ3) is 2.51. The molecule has 4 nitrogen and oxygen atoms in total. The van der Waals surface area contributed by atoms with Crippen LogP contribution in [0.2, 0.25) is 5.02 Å². The Kier molecular flexibility index (Phi) is 3.93. The number of nitrogens with one attached hydrogen (secondary N) is 1. The fraction of sp³-hybridized carbons (Fsp3) is 0.312. The number of aromatic nitrogens is 1. The lowest BCUT2D eigenvalue weighted by molar-refractivity contribution is 0.101. The van der Waals surface area contributed by atoms with E-state index in [-0.39, 0.29) is 17.0 Å². The zero-order chi connectivity index (χ0) is 15.9. The van der Waals surface area contributed by atoms with Crippen LogP contribution in [-0.2, 0) is 13.0 Å². The summed E-state index contributed by atoms with van der Waals surface area (Å²) >= 11 is 5.75. The quantitative estimate of drug-likeness (QED) is 0.909. The van der Waals surface area contributed by atoms with Gasteiger partial charge in [0.25, 0.3) is 5.91 Å². The summed E-state index contributed by atoms with van der Waals surface area (Å²) in [6, 6.07) is 4.12. The normalized spacial score (nSPS) is 16.6. The Bertz CT molecular complexity index is 741. The molecule has 0 aliphatic heterocycles. The van der Waals surface area contributed by atoms with Gasteiger partial charge in [-0.15, -0.1) is 0 Å². The average Bonchev–Trinajstić information content (AvgIpc) is 3.02. The van der Waals surface area contributed by atoms with Crippen LogP contribution < -0.4 is 11.1 Å². The van der Waals surface area contributed by atoms with Crippen molar-refractivity contribution in [3.05, 3.63) is 52.1 Å². The van der Waals surface area contributed by atoms with Crippen molar-refractivity contribution < 1.29 is 9.18 Å². The third-order valence-corrected chi connectivity index (χ3v) is 4.34. The number of halogens is 2. The van der Waals surface area contributed by atoms with Crippen molar-refractivity contribution in [1.29, 1.82) is 0 Å². The maximum Gasteiger partial charge on any atom is 0.272 e. The zero-order valence-electron chi connectivity index (χ0n) is 12.2. The van der Waals surface area contributed by atoms with Crippen molar-refractivity contribution >= 4 is 23.2 Å². The molecule has 1 aliphatic rings. The van der Waals surface area contributed by atoms with Gasteiger partial charge in [-0.25, -0.2) is 4.39 Å². The number of rotatable bonds is 3. The first kappa shape index (κ1) is 15.1. The maximum atomic E-state index is 13.2. The highest BCUT2D eigenvalue weighted by molar-refractivity contribution is 6.31. The highest BCUT2D eigenvalue weighted by atomic mass is 35.5. The Morgan fingerprint density at radius 1 is 1.55 bits per heavy atom. The second-order valence-corrected chi connectivity index (χ2v) is 5.83. The van der Waals surface area contributed by atoms with E-state index >= 15 is 0 Å². The van der Waals surface area contributed by atoms with E-state index in [9.17, 15) is 9.18 Å². The molecule has 3 rings (SSSR count). The molecule has 22 heavy (non-hydrogen) atoms. The van der Waals surface area contributed by atoms with Crippen molar-refractivity contribution in [2.45, 2.75) is 32.4 Å². The third-order valence-electron chi connectivity index (χ3n) is 4.05. The van der Waals surface area contributed by atoms with Crippen molar-refractivity contribution in [3.63, 3.8) is 0 Å². The summed E-state index contributed by atoms with van der Waals surface area (Å²) in [4.78, 5) is 12.6. The predicted octanol–water partition coefficient (Wildman–Crippen LogP) is 3.50. The number of carbonyl (C=O) groups is 1. The summed E-state index contributed by atoms with van der Waals surface area (Å²) in [5.74, 6) is -0.733. The van der Waals surface area contributed by atoms with Gasteiger partial charge in [0.1, 0.15) is 11.5 Å². The average molecular weight is 322 g/mol. The lowest BCUT2D eigenvalue weighted by atomic mass is 10.1. The minimum atomic E-state index is -0.511. The smallest absolute Gasteiger partial charge is 0.272 e. The van der Waals surface area contributed by atoms with Gasteiger partial charge in [0.05, 0.1) is 5.02 Å². The van der Waals surface area contributed by atoms with Crippen LogP contribution in [0.1, 0.15) is 41.0 Å². The summed E-state index contributed by atoms with van der Waals surface area (Å²) in [5, 5.41) is 2.76. The molecule has 1 amide bonds. The van der Waals surface area contributed by atoms with Crippen LogP contribution in [0.4, 0.5) is 10.1 Å². The Hall–Kier alpha value is -1.85. The molecule has 0 saturated heterocycles. The number of hydrogen-bond donors (Lipinski definition) is 2. The van der Waals surface area contributed by atoms with Gasteiger partial charge in [-0.2, -0.15) is 0 Å². The van der Waals surface area contributed by atoms with Crippen LogP contribution in [-0.4, -0.2) is 10.5 Å². The fourth-order valence-electron chi connectivity index (χ4n) is 2.94. The number of nitrogens with two attached hydrogens (primary N) is 1. The van der Waals surface area contributed by atoms with Crippen LogP contribution >= 0.6 is 11.6 Å². The molecular formula is C16H17ClFN3O. The summed E-state index contributed by atoms with van der Waals surface area (Å²) in [6.07, 6.45) is 3.62. The molecular weight excluding hydrogens is 305 g/mol. The van der Waals surface area contributed by atoms with Crippen molar-refractivity contribution in [2.24, 2.45) is 5.73 Å². The fourth-order valence-corrected chi connectivity index (χ4v) is 3.12. The van der Waals surface area contributed by atoms with E-state index in [4.69, 9.17) is 17.3 Å². The van der Waals surface area contributed by atoms with Gasteiger partial charge in [-0.1, -0.05) is 11.6 Å². The molecule has 2 aromatic rings. The van der Waals surface area contributed by atoms with Gasteiger partial charge in [-0.05, 0) is 49.1 Å². The van der Waals surface area contributed by atoms with Crippen LogP contribution in [0, 0.1) is 5.82 Å². The Morgan fingerprint density at radius 3 is 3.00 bits per heavy atom. The Morgan fingerprint density at radius 2 is 2.32 bits per heavy atom. The molecule has 0 unspecified atom stereocenters. The van der Waals surface area contributed by atoms with E-state index < -0.39 is 5.82 Å². The molecule has 6 heteroatoms. The molecule has 1 aromatic carbocycles. The first-order valence-electron chi connectivity index (χ1n) is 7.25. The van der Waals surface area contributed by atoms with E-state index in [0.29, 0.717) is 17.9 Å². The first-order chi connectivity index (χ1) is 10.5. The summed E-state index contributed by atoms with van der Waals surface area (Å²) in [6.45, 7) is 2.67. The minimum Gasteiger partial charge on any atom is -0.343 e. The Balaban J connectivity index is 1.92. The summed E-state index contributed by atoms with van der Waals surface area (Å²) in [7, 11) is 0. The molecule has 1 atom stereocenters. The monoisotopic (exact) mass is 321 g/mol. The number of nitrogens with zero attached hydrogens (tertiary/aromatic N) is 1. The highest BCUT2D eigenvalue weighted by Crippen LogP contribution is 2.33. The van der Waals surface area contributed by atoms with Crippen LogP contribution in [0.5, 0.6) is 0 Å². The van der Waals surface area contributed by atoms with Gasteiger partial charge < -0.3 is 15.6 Å². The molecule has 1 aliphatic carbocycles. The molecule has 116 valence electrons. The Labute approximate surface area is 133 Å². The highest BCUT2D eigenvalue weighted by Gasteiger charge is 2.28. The van der Waals surface area contributed by atoms with Gasteiger partial charge in [0, 0.05) is 24.5 Å². The lowest BCUT2D eigenvalue weighted by Crippen LogP contribution is -2.18. The summed E-state index contributed by atoms with van der Waals surface area (Å²) in [5.41, 5.74) is 9.23. The van der Waals surface area contributed by atoms with Crippen LogP contribution in [0.25, 0.3) is 0 Å². The van der Waals surface area contributed by atoms with Gasteiger partial charge in [0.15, 0.2) is 0 Å². The first-order valence-corrected chi connectivity index (χ1v) is 7.63. The van der Waals surface area contributed by atoms with Crippen molar-refractivity contribution in [2.75, 3.05) is 5.32 Å². The van der Waals surface area contributed by atoms with E-state index in [1.807, 2.05) is 17.7 Å². The van der Waals surface area contributed by atoms with E-state index in [2.05, 4.69) is 5.32 Å². The summed E-state index contributed by atoms with van der Waals surface area (Å²) < 4.78 is 15.1. The topological polar surface area (TPSA) is 60.0 Å². The molecule has 0 fully saturated rings. The predicted molar refractivity (Wildman–Crippen MR) is 84.7 cm³/mol. The van der Waals surface area contributed by atoms with E-state index in [1.165, 1.54) is 18.2 Å². The number of anilines is 1. The standard InChI is InChI=1S/C16H17ClFN3O/c1-2-21-8-11-10(4-6-14(11)19)15(21)16(22)20-9-3-5-13(18)12(17)7-9/h3,5,7-8,14H,2,4,6,19H2,1H3,(H,20,22)/t14-/m0/s1. The minimum absolute atomic E-state index is 0.00499. The van der Waals surface area contributed by atoms with Gasteiger partial charge in [0.2, 0.25) is 0 Å². The van der Waals surface area contributed by atoms with E-state index in [1.54, 1.807) is 0 Å². The second kappa shape index (κ2) is 5.74. The largest absolute Gasteiger partial charge is 0.343 e. The van der Waals surface area contributed by atoms with Gasteiger partial charge in [-0.3, -0.25) is 4.79 Å². The number of amides is 1. The zero-order valence-corrected chi connectivity index (χ0v) is 13.0. The molecule has 3 N–H and O–H groups in total. The second-order valence-electron chi connectivity index (χ2n) is 5.43. The number of hydrogen-bond acceptors (Lipinski definition) is 2. The van der Waals surface area contributed by atoms with Crippen LogP contribution in [0.15, 0.2) is 24.4 Å². The van der Waals surface area contributed by atoms with Crippen molar-refractivity contribution in [3.8, 4) is 0 Å². The lowest BCUT2D eigenvalue weighted by Gasteiger charge is -2.10. The molecule has 1 aromatic heterocycles. The molecule has 1 heterocycles. The maximum absolute atomic E-state index is 13.2. The number of benzene rings is 1. The molecule has 0 radical (unpaired) electrons. The number of fused-ring (bicyclic) bond motifs is 1. The molecule has 0 bridgehead atoms. The molecule has 0 saturated carbocycles. The molecule has 0 spiro atoms. The van der Waals surface area contributed by atoms with Crippen molar-refractivity contribution in [1.82, 2.24) is 4.57 Å². The van der Waals surface area contributed by atoms with Crippen LogP contribution in [0.3, 0.4) is 0 Å². The van der Waals surface area contributed by atoms with Gasteiger partial charge >= 0.3 is 0 Å².